The molecule has 0 N–H and O–H groups in total. The maximum absolute atomic E-state index is 6.75. The molecule has 0 fully saturated rings. The van der Waals surface area contributed by atoms with E-state index in [0.29, 0.717) is 5.92 Å². The van der Waals surface area contributed by atoms with Gasteiger partial charge in [0.2, 0.25) is 0 Å². The summed E-state index contributed by atoms with van der Waals surface area (Å²) in [5.41, 5.74) is 7.49. The molecular formula is C25H29IrN2. The minimum Gasteiger partial charge on any atom is -0.817 e. The summed E-state index contributed by atoms with van der Waals surface area (Å²) in [7, 11) is 0. The van der Waals surface area contributed by atoms with Crippen molar-refractivity contribution in [1.29, 1.82) is 0 Å². The predicted molar refractivity (Wildman–Crippen MR) is 119 cm³/mol. The van der Waals surface area contributed by atoms with E-state index in [4.69, 9.17) is 5.41 Å². The summed E-state index contributed by atoms with van der Waals surface area (Å²) in [5, 5.41) is 6.75. The van der Waals surface area contributed by atoms with E-state index < -0.39 is 0 Å². The van der Waals surface area contributed by atoms with Crippen LogP contribution in [0.15, 0.2) is 55.3 Å². The van der Waals surface area contributed by atoms with Crippen LogP contribution in [-0.4, -0.2) is 11.7 Å². The summed E-state index contributed by atoms with van der Waals surface area (Å²) in [6.45, 7) is 22.1. The van der Waals surface area contributed by atoms with Crippen LogP contribution in [0.1, 0.15) is 56.7 Å². The zero-order chi connectivity index (χ0) is 20.6. The zero-order valence-corrected chi connectivity index (χ0v) is 19.6. The van der Waals surface area contributed by atoms with Crippen molar-refractivity contribution in [2.45, 2.75) is 45.4 Å². The second-order valence-electron chi connectivity index (χ2n) is 7.13. The monoisotopic (exact) mass is 550 g/mol. The van der Waals surface area contributed by atoms with Gasteiger partial charge < -0.3 is 17.0 Å². The number of hydrogen-bond acceptors (Lipinski definition) is 1. The van der Waals surface area contributed by atoms with E-state index in [9.17, 15) is 0 Å². The molecule has 0 aliphatic heterocycles. The van der Waals surface area contributed by atoms with E-state index in [1.165, 1.54) is 22.3 Å². The molecule has 0 spiro atoms. The molecule has 1 aliphatic carbocycles. The Morgan fingerprint density at radius 1 is 1.25 bits per heavy atom. The third-order valence-electron chi connectivity index (χ3n) is 4.88. The maximum atomic E-state index is 6.75. The Labute approximate surface area is 184 Å². The van der Waals surface area contributed by atoms with Crippen molar-refractivity contribution in [2.75, 3.05) is 0 Å². The molecule has 2 aromatic rings. The summed E-state index contributed by atoms with van der Waals surface area (Å²) in [4.78, 5) is 4.54. The van der Waals surface area contributed by atoms with E-state index >= 15 is 0 Å². The Hall–Kier alpha value is -2.09. The van der Waals surface area contributed by atoms with Crippen molar-refractivity contribution in [1.82, 2.24) is 4.98 Å². The fourth-order valence-corrected chi connectivity index (χ4v) is 3.28. The van der Waals surface area contributed by atoms with Crippen molar-refractivity contribution >= 4 is 12.8 Å². The van der Waals surface area contributed by atoms with Crippen molar-refractivity contribution < 1.29 is 20.1 Å². The van der Waals surface area contributed by atoms with Gasteiger partial charge in [-0.15, -0.1) is 41.5 Å². The first-order chi connectivity index (χ1) is 12.9. The van der Waals surface area contributed by atoms with Gasteiger partial charge in [0, 0.05) is 6.20 Å². The van der Waals surface area contributed by atoms with E-state index in [0.717, 1.165) is 17.7 Å². The number of aromatic nitrogens is 1. The Morgan fingerprint density at radius 2 is 1.89 bits per heavy atom. The average molecular weight is 550 g/mol. The summed E-state index contributed by atoms with van der Waals surface area (Å²) in [6, 6.07) is 12.1. The Balaban J connectivity index is 0.00000137. The van der Waals surface area contributed by atoms with Gasteiger partial charge in [-0.1, -0.05) is 57.0 Å². The number of hydrogen-bond donors (Lipinski definition) is 0. The van der Waals surface area contributed by atoms with Crippen LogP contribution in [0, 0.1) is 12.6 Å². The maximum Gasteiger partial charge on any atom is 3.00 e. The standard InChI is InChI=1S/C22H24N.C2H3.CH2N.Ir/c1-6-7-19-13-18-12-17(8-9-20(18)22(19,4)5)21-14-16(15(2)3)10-11-23-21;2*1-2;/h6,9-15H,1,7H2,2-5H3;1H,2H2;1H2;/q3*-1;+3. The number of pyridine rings is 1. The van der Waals surface area contributed by atoms with Gasteiger partial charge in [0.25, 0.3) is 0 Å². The molecule has 0 atom stereocenters. The molecule has 1 aliphatic rings. The van der Waals surface area contributed by atoms with Gasteiger partial charge in [0.15, 0.2) is 0 Å². The minimum atomic E-state index is 0. The third kappa shape index (κ3) is 5.47. The summed E-state index contributed by atoms with van der Waals surface area (Å²) in [6.07, 6.45) is 7.12. The van der Waals surface area contributed by atoms with Crippen LogP contribution < -0.4 is 0 Å². The molecule has 3 heteroatoms. The van der Waals surface area contributed by atoms with Crippen molar-refractivity contribution in [3.05, 3.63) is 90.0 Å². The summed E-state index contributed by atoms with van der Waals surface area (Å²) in [5.74, 6) is 0.504. The predicted octanol–water partition coefficient (Wildman–Crippen LogP) is 6.78. The first kappa shape index (κ1) is 25.9. The van der Waals surface area contributed by atoms with Gasteiger partial charge in [-0.05, 0) is 29.5 Å². The number of allylic oxidation sites excluding steroid dienone is 2. The fourth-order valence-electron chi connectivity index (χ4n) is 3.28. The molecule has 0 amide bonds. The number of benzene rings is 1. The molecule has 1 aromatic heterocycles. The van der Waals surface area contributed by atoms with Gasteiger partial charge in [-0.2, -0.15) is 0 Å². The quantitative estimate of drug-likeness (QED) is 0.235. The molecule has 28 heavy (non-hydrogen) atoms. The Bertz CT molecular complexity index is 817. The Morgan fingerprint density at radius 3 is 2.46 bits per heavy atom. The second-order valence-corrected chi connectivity index (χ2v) is 7.13. The normalized spacial score (nSPS) is 13.0. The van der Waals surface area contributed by atoms with Crippen LogP contribution in [0.25, 0.3) is 22.7 Å². The van der Waals surface area contributed by atoms with Gasteiger partial charge >= 0.3 is 20.1 Å². The van der Waals surface area contributed by atoms with Gasteiger partial charge in [-0.3, -0.25) is 6.58 Å². The smallest absolute Gasteiger partial charge is 0.817 e. The summed E-state index contributed by atoms with van der Waals surface area (Å²) >= 11 is 0. The van der Waals surface area contributed by atoms with Crippen LogP contribution >= 0.6 is 0 Å². The second kappa shape index (κ2) is 11.7. The molecule has 0 bridgehead atoms. The van der Waals surface area contributed by atoms with E-state index in [1.54, 1.807) is 0 Å². The van der Waals surface area contributed by atoms with Crippen LogP contribution in [0.3, 0.4) is 0 Å². The minimum absolute atomic E-state index is 0. The average Bonchev–Trinajstić information content (AvgIpc) is 2.95. The molecule has 148 valence electrons. The Kier molecular flexibility index (Phi) is 10.8. The van der Waals surface area contributed by atoms with Gasteiger partial charge in [0.1, 0.15) is 0 Å². The molecule has 3 rings (SSSR count). The van der Waals surface area contributed by atoms with E-state index in [-0.39, 0.29) is 25.5 Å². The molecule has 0 unspecified atom stereocenters. The topological polar surface area (TPSA) is 35.2 Å². The largest absolute Gasteiger partial charge is 3.00 e. The van der Waals surface area contributed by atoms with Gasteiger partial charge in [0.05, 0.1) is 0 Å². The van der Waals surface area contributed by atoms with E-state index in [2.05, 4.69) is 95.5 Å². The molecule has 2 nitrogen and oxygen atoms in total. The van der Waals surface area contributed by atoms with Crippen LogP contribution in [0.2, 0.25) is 0 Å². The summed E-state index contributed by atoms with van der Waals surface area (Å²) < 4.78 is 0. The molecule has 1 aromatic carbocycles. The molecule has 0 saturated carbocycles. The SMILES string of the molecule is C=CCC1=Cc2cc(-c3cc(C(C)C)ccn3)[c-]cc2C1(C)C.C=[N-].[CH-]=C.[Ir+3]. The molecule has 0 radical (unpaired) electrons. The molecule has 0 saturated heterocycles. The molecule has 1 heterocycles. The van der Waals surface area contributed by atoms with Crippen LogP contribution in [0.4, 0.5) is 0 Å². The van der Waals surface area contributed by atoms with Crippen LogP contribution in [0.5, 0.6) is 0 Å². The third-order valence-corrected chi connectivity index (χ3v) is 4.88. The van der Waals surface area contributed by atoms with Crippen molar-refractivity contribution in [3.63, 3.8) is 0 Å². The van der Waals surface area contributed by atoms with Crippen molar-refractivity contribution in [2.24, 2.45) is 0 Å². The van der Waals surface area contributed by atoms with Crippen LogP contribution in [-0.2, 0) is 25.5 Å². The number of rotatable bonds is 4. The number of fused-ring (bicyclic) bond motifs is 1. The molecular weight excluding hydrogens is 521 g/mol. The van der Waals surface area contributed by atoms with Crippen molar-refractivity contribution in [3.8, 4) is 11.3 Å². The number of nitrogens with zero attached hydrogens (tertiary/aromatic N) is 2. The van der Waals surface area contributed by atoms with E-state index in [1.807, 2.05) is 12.3 Å². The zero-order valence-electron chi connectivity index (χ0n) is 17.3. The fraction of sp³-hybridized carbons (Fsp3) is 0.280. The van der Waals surface area contributed by atoms with Gasteiger partial charge in [-0.25, -0.2) is 6.72 Å². The first-order valence-corrected chi connectivity index (χ1v) is 9.00. The first-order valence-electron chi connectivity index (χ1n) is 9.00.